The molecule has 4 heteroatoms. The van der Waals surface area contributed by atoms with Crippen molar-refractivity contribution in [1.82, 2.24) is 10.4 Å². The van der Waals surface area contributed by atoms with Gasteiger partial charge in [0.2, 0.25) is 5.91 Å². The highest BCUT2D eigenvalue weighted by atomic mass is 16.2. The number of unbranched alkanes of at least 4 members (excludes halogenated alkanes) is 1. The molecule has 2 rings (SSSR count). The maximum absolute atomic E-state index is 10.9. The number of hydrogen-bond acceptors (Lipinski definition) is 2. The lowest BCUT2D eigenvalue weighted by Crippen LogP contribution is -2.29. The highest BCUT2D eigenvalue weighted by molar-refractivity contribution is 5.83. The molecule has 1 heterocycles. The van der Waals surface area contributed by atoms with Crippen molar-refractivity contribution in [1.29, 1.82) is 0 Å². The average molecular weight is 231 g/mol. The van der Waals surface area contributed by atoms with Gasteiger partial charge in [-0.15, -0.1) is 0 Å². The number of aromatic nitrogens is 1. The van der Waals surface area contributed by atoms with Crippen molar-refractivity contribution < 1.29 is 4.79 Å². The van der Waals surface area contributed by atoms with Crippen molar-refractivity contribution >= 4 is 16.8 Å². The van der Waals surface area contributed by atoms with Crippen molar-refractivity contribution in [3.63, 3.8) is 0 Å². The standard InChI is InChI=1S/C13H17N3O/c14-16-13(17)8-4-1-5-10-9-15-12-7-3-2-6-11(10)12/h2-3,6-7,9,15H,1,4-5,8,14H2,(H,16,17). The summed E-state index contributed by atoms with van der Waals surface area (Å²) in [5.74, 6) is 4.93. The molecule has 4 nitrogen and oxygen atoms in total. The molecular formula is C13H17N3O. The summed E-state index contributed by atoms with van der Waals surface area (Å²) in [6.45, 7) is 0. The molecule has 4 N–H and O–H groups in total. The summed E-state index contributed by atoms with van der Waals surface area (Å²) in [6, 6.07) is 8.25. The Morgan fingerprint density at radius 2 is 2.12 bits per heavy atom. The highest BCUT2D eigenvalue weighted by Crippen LogP contribution is 2.19. The van der Waals surface area contributed by atoms with E-state index in [9.17, 15) is 4.79 Å². The van der Waals surface area contributed by atoms with E-state index in [1.54, 1.807) is 0 Å². The molecule has 1 amide bonds. The number of aryl methyl sites for hydroxylation is 1. The van der Waals surface area contributed by atoms with Gasteiger partial charge in [-0.3, -0.25) is 10.2 Å². The van der Waals surface area contributed by atoms with Crippen LogP contribution in [0.1, 0.15) is 24.8 Å². The Balaban J connectivity index is 1.89. The van der Waals surface area contributed by atoms with E-state index >= 15 is 0 Å². The highest BCUT2D eigenvalue weighted by Gasteiger charge is 2.03. The lowest BCUT2D eigenvalue weighted by Gasteiger charge is -2.00. The van der Waals surface area contributed by atoms with E-state index in [0.717, 1.165) is 19.3 Å². The van der Waals surface area contributed by atoms with Gasteiger partial charge in [-0.2, -0.15) is 0 Å². The molecular weight excluding hydrogens is 214 g/mol. The van der Waals surface area contributed by atoms with Crippen molar-refractivity contribution in [2.75, 3.05) is 0 Å². The SMILES string of the molecule is NNC(=O)CCCCc1c[nH]c2ccccc12. The van der Waals surface area contributed by atoms with Crippen LogP contribution in [0.15, 0.2) is 30.5 Å². The van der Waals surface area contributed by atoms with Crippen molar-refractivity contribution in [2.24, 2.45) is 5.84 Å². The van der Waals surface area contributed by atoms with Crippen LogP contribution in [0.5, 0.6) is 0 Å². The number of carbonyl (C=O) groups is 1. The predicted molar refractivity (Wildman–Crippen MR) is 68.2 cm³/mol. The smallest absolute Gasteiger partial charge is 0.233 e. The number of carbonyl (C=O) groups excluding carboxylic acids is 1. The molecule has 0 fully saturated rings. The van der Waals surface area contributed by atoms with Crippen LogP contribution in [0.3, 0.4) is 0 Å². The minimum Gasteiger partial charge on any atom is -0.361 e. The van der Waals surface area contributed by atoms with Crippen molar-refractivity contribution in [3.8, 4) is 0 Å². The quantitative estimate of drug-likeness (QED) is 0.318. The molecule has 0 aliphatic rings. The number of H-pyrrole nitrogens is 1. The molecule has 1 aromatic heterocycles. The Bertz CT molecular complexity index is 504. The molecule has 0 atom stereocenters. The van der Waals surface area contributed by atoms with E-state index in [1.165, 1.54) is 16.5 Å². The van der Waals surface area contributed by atoms with Crippen molar-refractivity contribution in [2.45, 2.75) is 25.7 Å². The monoisotopic (exact) mass is 231 g/mol. The van der Waals surface area contributed by atoms with E-state index in [2.05, 4.69) is 22.5 Å². The van der Waals surface area contributed by atoms with Gasteiger partial charge in [-0.1, -0.05) is 18.2 Å². The van der Waals surface area contributed by atoms with Crippen LogP contribution in [0.2, 0.25) is 0 Å². The summed E-state index contributed by atoms with van der Waals surface area (Å²) < 4.78 is 0. The van der Waals surface area contributed by atoms with E-state index in [1.807, 2.05) is 18.3 Å². The molecule has 0 aliphatic heterocycles. The van der Waals surface area contributed by atoms with E-state index in [0.29, 0.717) is 6.42 Å². The third-order valence-electron chi connectivity index (χ3n) is 2.94. The zero-order valence-electron chi connectivity index (χ0n) is 9.70. The Morgan fingerprint density at radius 1 is 1.29 bits per heavy atom. The fourth-order valence-corrected chi connectivity index (χ4v) is 2.01. The molecule has 1 aromatic carbocycles. The summed E-state index contributed by atoms with van der Waals surface area (Å²) in [5, 5.41) is 1.27. The summed E-state index contributed by atoms with van der Waals surface area (Å²) in [4.78, 5) is 14.2. The van der Waals surface area contributed by atoms with Crippen LogP contribution >= 0.6 is 0 Å². The molecule has 0 unspecified atom stereocenters. The number of benzene rings is 1. The van der Waals surface area contributed by atoms with Crippen molar-refractivity contribution in [3.05, 3.63) is 36.0 Å². The Kier molecular flexibility index (Phi) is 3.77. The Labute approximate surface area is 100 Å². The lowest BCUT2D eigenvalue weighted by atomic mass is 10.1. The summed E-state index contributed by atoms with van der Waals surface area (Å²) >= 11 is 0. The van der Waals surface area contributed by atoms with Crippen LogP contribution in [0.25, 0.3) is 10.9 Å². The zero-order chi connectivity index (χ0) is 12.1. The maximum atomic E-state index is 10.9. The summed E-state index contributed by atoms with van der Waals surface area (Å²) in [7, 11) is 0. The number of fused-ring (bicyclic) bond motifs is 1. The average Bonchev–Trinajstić information content (AvgIpc) is 2.78. The Hall–Kier alpha value is -1.81. The number of rotatable bonds is 5. The first kappa shape index (κ1) is 11.7. The fourth-order valence-electron chi connectivity index (χ4n) is 2.01. The maximum Gasteiger partial charge on any atom is 0.233 e. The largest absolute Gasteiger partial charge is 0.361 e. The summed E-state index contributed by atoms with van der Waals surface area (Å²) in [5.41, 5.74) is 4.63. The molecule has 2 aromatic rings. The number of nitrogens with two attached hydrogens (primary N) is 1. The molecule has 0 saturated heterocycles. The van der Waals surface area contributed by atoms with Crippen LogP contribution < -0.4 is 11.3 Å². The lowest BCUT2D eigenvalue weighted by molar-refractivity contribution is -0.121. The summed E-state index contributed by atoms with van der Waals surface area (Å²) in [6.07, 6.45) is 5.40. The number of hydrazine groups is 1. The van der Waals surface area contributed by atoms with Gasteiger partial charge >= 0.3 is 0 Å². The molecule has 0 saturated carbocycles. The third kappa shape index (κ3) is 2.85. The molecule has 17 heavy (non-hydrogen) atoms. The van der Waals surface area contributed by atoms with E-state index in [-0.39, 0.29) is 5.91 Å². The van der Waals surface area contributed by atoms with E-state index in [4.69, 9.17) is 5.84 Å². The van der Waals surface area contributed by atoms with Gasteiger partial charge in [0.15, 0.2) is 0 Å². The van der Waals surface area contributed by atoms with Crippen LogP contribution in [-0.2, 0) is 11.2 Å². The van der Waals surface area contributed by atoms with Crippen LogP contribution in [0, 0.1) is 0 Å². The normalized spacial score (nSPS) is 10.6. The van der Waals surface area contributed by atoms with E-state index < -0.39 is 0 Å². The first-order chi connectivity index (χ1) is 8.31. The topological polar surface area (TPSA) is 70.9 Å². The van der Waals surface area contributed by atoms with Gasteiger partial charge in [0.05, 0.1) is 0 Å². The molecule has 0 radical (unpaired) electrons. The molecule has 0 spiro atoms. The number of nitrogens with one attached hydrogen (secondary N) is 2. The Morgan fingerprint density at radius 3 is 2.94 bits per heavy atom. The van der Waals surface area contributed by atoms with Gasteiger partial charge in [0.1, 0.15) is 0 Å². The first-order valence-electron chi connectivity index (χ1n) is 5.85. The molecule has 0 bridgehead atoms. The fraction of sp³-hybridized carbons (Fsp3) is 0.308. The second-order valence-corrected chi connectivity index (χ2v) is 4.13. The second-order valence-electron chi connectivity index (χ2n) is 4.13. The minimum absolute atomic E-state index is 0.0936. The number of amides is 1. The van der Waals surface area contributed by atoms with Gasteiger partial charge in [-0.25, -0.2) is 5.84 Å². The number of hydrogen-bond donors (Lipinski definition) is 3. The van der Waals surface area contributed by atoms with Gasteiger partial charge in [0, 0.05) is 23.5 Å². The van der Waals surface area contributed by atoms with Crippen LogP contribution in [0.4, 0.5) is 0 Å². The molecule has 0 aliphatic carbocycles. The zero-order valence-corrected chi connectivity index (χ0v) is 9.70. The number of aromatic amines is 1. The predicted octanol–water partition coefficient (Wildman–Crippen LogP) is 1.87. The van der Waals surface area contributed by atoms with Gasteiger partial charge < -0.3 is 4.98 Å². The number of para-hydroxylation sites is 1. The van der Waals surface area contributed by atoms with Gasteiger partial charge in [-0.05, 0) is 30.9 Å². The molecule has 90 valence electrons. The second kappa shape index (κ2) is 5.50. The first-order valence-corrected chi connectivity index (χ1v) is 5.85. The minimum atomic E-state index is -0.0936. The third-order valence-corrected chi connectivity index (χ3v) is 2.94. The van der Waals surface area contributed by atoms with Gasteiger partial charge in [0.25, 0.3) is 0 Å². The van der Waals surface area contributed by atoms with Crippen LogP contribution in [-0.4, -0.2) is 10.9 Å².